The number of carbonyl (C=O) groups is 1. The summed E-state index contributed by atoms with van der Waals surface area (Å²) in [6.07, 6.45) is 5.38. The van der Waals surface area contributed by atoms with Crippen LogP contribution in [0, 0.1) is 5.92 Å². The molecule has 1 atom stereocenters. The Balaban J connectivity index is 2.13. The Kier molecular flexibility index (Phi) is 4.22. The third-order valence-electron chi connectivity index (χ3n) is 2.83. The molecule has 3 heteroatoms. The minimum atomic E-state index is -0.0504. The summed E-state index contributed by atoms with van der Waals surface area (Å²) in [4.78, 5) is 11.1. The molecule has 0 radical (unpaired) electrons. The van der Waals surface area contributed by atoms with Crippen LogP contribution >= 0.6 is 0 Å². The van der Waals surface area contributed by atoms with Gasteiger partial charge in [-0.3, -0.25) is 4.79 Å². The summed E-state index contributed by atoms with van der Waals surface area (Å²) >= 11 is 0. The lowest BCUT2D eigenvalue weighted by Crippen LogP contribution is -2.42. The lowest BCUT2D eigenvalue weighted by atomic mass is 10.1. The van der Waals surface area contributed by atoms with E-state index in [2.05, 4.69) is 10.6 Å². The molecule has 0 aromatic carbocycles. The summed E-state index contributed by atoms with van der Waals surface area (Å²) < 4.78 is 0. The number of likely N-dealkylation sites (N-methyl/N-ethyl adjacent to an activating group) is 1. The lowest BCUT2D eigenvalue weighted by molar-refractivity contribution is -0.122. The fourth-order valence-corrected chi connectivity index (χ4v) is 1.87. The standard InChI is InChI=1S/C10H20N2O/c1-8(10(13)11-2)12-7-9-5-3-4-6-9/h8-9,12H,3-7H2,1-2H3,(H,11,13)/t8-/m1/s1. The summed E-state index contributed by atoms with van der Waals surface area (Å²) in [5.74, 6) is 0.880. The second kappa shape index (κ2) is 5.22. The van der Waals surface area contributed by atoms with Crippen molar-refractivity contribution in [3.8, 4) is 0 Å². The fraction of sp³-hybridized carbons (Fsp3) is 0.900. The van der Waals surface area contributed by atoms with Crippen LogP contribution in [-0.4, -0.2) is 25.5 Å². The molecule has 0 bridgehead atoms. The third kappa shape index (κ3) is 3.35. The molecule has 0 saturated heterocycles. The lowest BCUT2D eigenvalue weighted by Gasteiger charge is -2.15. The number of hydrogen-bond donors (Lipinski definition) is 2. The first-order valence-corrected chi connectivity index (χ1v) is 5.19. The molecule has 0 spiro atoms. The van der Waals surface area contributed by atoms with Gasteiger partial charge in [-0.15, -0.1) is 0 Å². The topological polar surface area (TPSA) is 41.1 Å². The molecule has 0 aromatic heterocycles. The molecule has 3 nitrogen and oxygen atoms in total. The van der Waals surface area contributed by atoms with Gasteiger partial charge in [-0.05, 0) is 32.2 Å². The Morgan fingerprint density at radius 2 is 2.08 bits per heavy atom. The molecule has 2 N–H and O–H groups in total. The SMILES string of the molecule is CNC(=O)[C@@H](C)NCC1CCCC1. The van der Waals surface area contributed by atoms with Gasteiger partial charge >= 0.3 is 0 Å². The minimum absolute atomic E-state index is 0.0504. The van der Waals surface area contributed by atoms with Gasteiger partial charge in [-0.1, -0.05) is 12.8 Å². The average molecular weight is 184 g/mol. The van der Waals surface area contributed by atoms with Crippen LogP contribution in [0.3, 0.4) is 0 Å². The molecule has 1 fully saturated rings. The van der Waals surface area contributed by atoms with E-state index >= 15 is 0 Å². The molecule has 1 rings (SSSR count). The van der Waals surface area contributed by atoms with Gasteiger partial charge in [-0.2, -0.15) is 0 Å². The number of rotatable bonds is 4. The highest BCUT2D eigenvalue weighted by molar-refractivity contribution is 5.80. The minimum Gasteiger partial charge on any atom is -0.358 e. The quantitative estimate of drug-likeness (QED) is 0.681. The maximum Gasteiger partial charge on any atom is 0.236 e. The second-order valence-corrected chi connectivity index (χ2v) is 3.89. The van der Waals surface area contributed by atoms with E-state index in [0.717, 1.165) is 12.5 Å². The molecule has 0 aliphatic heterocycles. The summed E-state index contributed by atoms with van der Waals surface area (Å²) in [6.45, 7) is 2.91. The first-order chi connectivity index (χ1) is 6.24. The van der Waals surface area contributed by atoms with E-state index < -0.39 is 0 Å². The van der Waals surface area contributed by atoms with E-state index in [1.807, 2.05) is 6.92 Å². The van der Waals surface area contributed by atoms with Crippen LogP contribution in [0.25, 0.3) is 0 Å². The van der Waals surface area contributed by atoms with Gasteiger partial charge < -0.3 is 10.6 Å². The van der Waals surface area contributed by atoms with Crippen molar-refractivity contribution in [1.29, 1.82) is 0 Å². The number of hydrogen-bond acceptors (Lipinski definition) is 2. The molecule has 0 aromatic rings. The molecule has 76 valence electrons. The molecule has 1 saturated carbocycles. The van der Waals surface area contributed by atoms with E-state index in [9.17, 15) is 4.79 Å². The average Bonchev–Trinajstić information content (AvgIpc) is 2.65. The van der Waals surface area contributed by atoms with Crippen LogP contribution in [-0.2, 0) is 4.79 Å². The van der Waals surface area contributed by atoms with Crippen LogP contribution in [0.5, 0.6) is 0 Å². The normalized spacial score (nSPS) is 20.2. The van der Waals surface area contributed by atoms with Gasteiger partial charge in [-0.25, -0.2) is 0 Å². The van der Waals surface area contributed by atoms with Crippen molar-refractivity contribution >= 4 is 5.91 Å². The maximum atomic E-state index is 11.1. The zero-order valence-electron chi connectivity index (χ0n) is 8.60. The van der Waals surface area contributed by atoms with Crippen molar-refractivity contribution in [2.75, 3.05) is 13.6 Å². The molecule has 1 aliphatic rings. The summed E-state index contributed by atoms with van der Waals surface area (Å²) in [5.41, 5.74) is 0. The Hall–Kier alpha value is -0.570. The number of nitrogens with one attached hydrogen (secondary N) is 2. The molecular formula is C10H20N2O. The zero-order chi connectivity index (χ0) is 9.68. The Morgan fingerprint density at radius 3 is 2.62 bits per heavy atom. The van der Waals surface area contributed by atoms with Gasteiger partial charge in [0.25, 0.3) is 0 Å². The van der Waals surface area contributed by atoms with Gasteiger partial charge in [0.05, 0.1) is 6.04 Å². The van der Waals surface area contributed by atoms with Gasteiger partial charge in [0, 0.05) is 7.05 Å². The van der Waals surface area contributed by atoms with E-state index in [1.165, 1.54) is 25.7 Å². The highest BCUT2D eigenvalue weighted by Gasteiger charge is 2.17. The Labute approximate surface area is 80.3 Å². The molecule has 13 heavy (non-hydrogen) atoms. The highest BCUT2D eigenvalue weighted by atomic mass is 16.2. The first-order valence-electron chi connectivity index (χ1n) is 5.19. The smallest absolute Gasteiger partial charge is 0.236 e. The number of amides is 1. The van der Waals surface area contributed by atoms with Crippen molar-refractivity contribution in [3.05, 3.63) is 0 Å². The van der Waals surface area contributed by atoms with Crippen LogP contribution in [0.2, 0.25) is 0 Å². The zero-order valence-corrected chi connectivity index (χ0v) is 8.60. The predicted octanol–water partition coefficient (Wildman–Crippen LogP) is 0.901. The van der Waals surface area contributed by atoms with Gasteiger partial charge in [0.1, 0.15) is 0 Å². The van der Waals surface area contributed by atoms with Crippen LogP contribution < -0.4 is 10.6 Å². The van der Waals surface area contributed by atoms with Crippen LogP contribution in [0.15, 0.2) is 0 Å². The fourth-order valence-electron chi connectivity index (χ4n) is 1.87. The van der Waals surface area contributed by atoms with Crippen molar-refractivity contribution in [2.24, 2.45) is 5.92 Å². The van der Waals surface area contributed by atoms with Gasteiger partial charge in [0.15, 0.2) is 0 Å². The van der Waals surface area contributed by atoms with Crippen molar-refractivity contribution in [3.63, 3.8) is 0 Å². The first kappa shape index (κ1) is 10.5. The van der Waals surface area contributed by atoms with E-state index in [1.54, 1.807) is 7.05 Å². The summed E-state index contributed by atoms with van der Waals surface area (Å²) in [5, 5.41) is 5.90. The van der Waals surface area contributed by atoms with Crippen LogP contribution in [0.1, 0.15) is 32.6 Å². The molecule has 0 heterocycles. The largest absolute Gasteiger partial charge is 0.358 e. The van der Waals surface area contributed by atoms with Gasteiger partial charge in [0.2, 0.25) is 5.91 Å². The summed E-state index contributed by atoms with van der Waals surface area (Å²) in [7, 11) is 1.68. The molecular weight excluding hydrogens is 164 g/mol. The molecule has 1 aliphatic carbocycles. The van der Waals surface area contributed by atoms with E-state index in [4.69, 9.17) is 0 Å². The maximum absolute atomic E-state index is 11.1. The monoisotopic (exact) mass is 184 g/mol. The van der Waals surface area contributed by atoms with Crippen molar-refractivity contribution in [1.82, 2.24) is 10.6 Å². The highest BCUT2D eigenvalue weighted by Crippen LogP contribution is 2.23. The predicted molar refractivity (Wildman–Crippen MR) is 53.5 cm³/mol. The second-order valence-electron chi connectivity index (χ2n) is 3.89. The van der Waals surface area contributed by atoms with E-state index in [-0.39, 0.29) is 11.9 Å². The molecule has 1 amide bonds. The Morgan fingerprint density at radius 1 is 1.46 bits per heavy atom. The summed E-state index contributed by atoms with van der Waals surface area (Å²) in [6, 6.07) is -0.0504. The third-order valence-corrected chi connectivity index (χ3v) is 2.83. The van der Waals surface area contributed by atoms with Crippen LogP contribution in [0.4, 0.5) is 0 Å². The number of carbonyl (C=O) groups excluding carboxylic acids is 1. The molecule has 0 unspecified atom stereocenters. The Bertz CT molecular complexity index is 164. The van der Waals surface area contributed by atoms with E-state index in [0.29, 0.717) is 0 Å². The van der Waals surface area contributed by atoms with Crippen molar-refractivity contribution < 1.29 is 4.79 Å². The van der Waals surface area contributed by atoms with Crippen molar-refractivity contribution in [2.45, 2.75) is 38.6 Å².